The van der Waals surface area contributed by atoms with Crippen LogP contribution >= 0.6 is 0 Å². The average molecular weight is 215 g/mol. The predicted octanol–water partition coefficient (Wildman–Crippen LogP) is 1.49. The number of esters is 1. The minimum atomic E-state index is -0.228. The number of hydrogen-bond donors (Lipinski definition) is 1. The molecule has 0 spiro atoms. The first-order chi connectivity index (χ1) is 6.95. The topological polar surface area (TPSA) is 55.4 Å². The molecule has 0 aromatic heterocycles. The van der Waals surface area contributed by atoms with Crippen molar-refractivity contribution in [2.75, 3.05) is 6.61 Å². The van der Waals surface area contributed by atoms with E-state index in [9.17, 15) is 9.59 Å². The maximum Gasteiger partial charge on any atom is 0.305 e. The first-order valence-corrected chi connectivity index (χ1v) is 5.38. The lowest BCUT2D eigenvalue weighted by Crippen LogP contribution is -2.38. The van der Waals surface area contributed by atoms with E-state index in [0.29, 0.717) is 12.3 Å². The Morgan fingerprint density at radius 3 is 2.33 bits per heavy atom. The molecule has 1 amide bonds. The van der Waals surface area contributed by atoms with Gasteiger partial charge in [-0.2, -0.15) is 0 Å². The summed E-state index contributed by atoms with van der Waals surface area (Å²) in [6.07, 6.45) is 1.19. The van der Waals surface area contributed by atoms with Gasteiger partial charge in [-0.05, 0) is 12.3 Å². The third-order valence-electron chi connectivity index (χ3n) is 1.90. The Balaban J connectivity index is 4.00. The number of nitrogens with one attached hydrogen (secondary N) is 1. The molecule has 1 N–H and O–H groups in total. The monoisotopic (exact) mass is 215 g/mol. The molecule has 0 rings (SSSR count). The van der Waals surface area contributed by atoms with Crippen molar-refractivity contribution in [1.82, 2.24) is 5.32 Å². The number of amides is 1. The van der Waals surface area contributed by atoms with Gasteiger partial charge in [-0.3, -0.25) is 9.59 Å². The zero-order valence-corrected chi connectivity index (χ0v) is 10.0. The van der Waals surface area contributed by atoms with Gasteiger partial charge < -0.3 is 10.1 Å². The molecule has 0 saturated heterocycles. The molecule has 0 aliphatic carbocycles. The normalized spacial score (nSPS) is 12.3. The Labute approximate surface area is 91.4 Å². The Morgan fingerprint density at radius 2 is 1.93 bits per heavy atom. The summed E-state index contributed by atoms with van der Waals surface area (Å²) < 4.78 is 5.00. The minimum absolute atomic E-state index is 0.0713. The van der Waals surface area contributed by atoms with E-state index in [2.05, 4.69) is 19.2 Å². The summed E-state index contributed by atoms with van der Waals surface area (Å²) in [4.78, 5) is 21.9. The van der Waals surface area contributed by atoms with Gasteiger partial charge in [0.25, 0.3) is 0 Å². The van der Waals surface area contributed by atoms with Gasteiger partial charge in [0.2, 0.25) is 5.91 Å². The van der Waals surface area contributed by atoms with E-state index in [4.69, 9.17) is 4.74 Å². The summed E-state index contributed by atoms with van der Waals surface area (Å²) in [6.45, 7) is 7.62. The maximum absolute atomic E-state index is 11.0. The highest BCUT2D eigenvalue weighted by molar-refractivity contribution is 5.73. The molecule has 1 atom stereocenters. The maximum atomic E-state index is 11.0. The first-order valence-electron chi connectivity index (χ1n) is 5.38. The molecule has 4 nitrogen and oxygen atoms in total. The highest BCUT2D eigenvalue weighted by atomic mass is 16.5. The number of rotatable bonds is 6. The Kier molecular flexibility index (Phi) is 6.75. The van der Waals surface area contributed by atoms with Crippen LogP contribution in [0.3, 0.4) is 0 Å². The average Bonchev–Trinajstić information content (AvgIpc) is 2.11. The second-order valence-electron chi connectivity index (χ2n) is 4.06. The fourth-order valence-corrected chi connectivity index (χ4v) is 1.32. The molecule has 0 aliphatic rings. The van der Waals surface area contributed by atoms with Gasteiger partial charge in [0.1, 0.15) is 6.61 Å². The summed E-state index contributed by atoms with van der Waals surface area (Å²) in [5, 5.41) is 2.77. The van der Waals surface area contributed by atoms with Crippen LogP contribution in [0.5, 0.6) is 0 Å². The predicted molar refractivity (Wildman–Crippen MR) is 58.3 cm³/mol. The van der Waals surface area contributed by atoms with Crippen molar-refractivity contribution < 1.29 is 14.3 Å². The van der Waals surface area contributed by atoms with E-state index >= 15 is 0 Å². The molecule has 0 radical (unpaired) electrons. The molecule has 0 fully saturated rings. The van der Waals surface area contributed by atoms with Crippen LogP contribution in [0.2, 0.25) is 0 Å². The van der Waals surface area contributed by atoms with E-state index < -0.39 is 0 Å². The highest BCUT2D eigenvalue weighted by Crippen LogP contribution is 2.05. The van der Waals surface area contributed by atoms with Gasteiger partial charge in [-0.25, -0.2) is 0 Å². The summed E-state index contributed by atoms with van der Waals surface area (Å²) >= 11 is 0. The Hall–Kier alpha value is -1.06. The van der Waals surface area contributed by atoms with Crippen LogP contribution in [0, 0.1) is 5.92 Å². The van der Waals surface area contributed by atoms with Gasteiger partial charge in [0.15, 0.2) is 0 Å². The minimum Gasteiger partial charge on any atom is -0.463 e. The molecular weight excluding hydrogens is 194 g/mol. The molecule has 0 heterocycles. The Bertz CT molecular complexity index is 214. The van der Waals surface area contributed by atoms with E-state index in [1.54, 1.807) is 6.92 Å². The van der Waals surface area contributed by atoms with E-state index in [1.807, 2.05) is 0 Å². The van der Waals surface area contributed by atoms with Crippen molar-refractivity contribution in [1.29, 1.82) is 0 Å². The highest BCUT2D eigenvalue weighted by Gasteiger charge is 2.13. The summed E-state index contributed by atoms with van der Waals surface area (Å²) in [7, 11) is 0. The molecule has 0 bridgehead atoms. The van der Waals surface area contributed by atoms with Crippen LogP contribution < -0.4 is 5.32 Å². The molecule has 0 saturated carbocycles. The fourth-order valence-electron chi connectivity index (χ4n) is 1.32. The lowest BCUT2D eigenvalue weighted by atomic mass is 10.0. The van der Waals surface area contributed by atoms with E-state index in [0.717, 1.165) is 6.42 Å². The second-order valence-corrected chi connectivity index (χ2v) is 4.06. The molecular formula is C11H21NO3. The van der Waals surface area contributed by atoms with E-state index in [1.165, 1.54) is 6.92 Å². The second kappa shape index (κ2) is 7.26. The summed E-state index contributed by atoms with van der Waals surface area (Å²) in [5.41, 5.74) is 0. The fraction of sp³-hybridized carbons (Fsp3) is 0.818. The SMILES string of the molecule is CCC(=O)OC[C@H](CC(C)C)NC(C)=O. The first kappa shape index (κ1) is 13.9. The third-order valence-corrected chi connectivity index (χ3v) is 1.90. The smallest absolute Gasteiger partial charge is 0.305 e. The van der Waals surface area contributed by atoms with Crippen LogP contribution in [0.1, 0.15) is 40.5 Å². The lowest BCUT2D eigenvalue weighted by molar-refractivity contribution is -0.144. The van der Waals surface area contributed by atoms with Gasteiger partial charge in [0, 0.05) is 13.3 Å². The van der Waals surface area contributed by atoms with Crippen LogP contribution in [-0.4, -0.2) is 24.5 Å². The molecule has 0 unspecified atom stereocenters. The summed E-state index contributed by atoms with van der Waals surface area (Å²) in [5.74, 6) is 0.143. The zero-order valence-electron chi connectivity index (χ0n) is 10.0. The molecule has 15 heavy (non-hydrogen) atoms. The van der Waals surface area contributed by atoms with Crippen molar-refractivity contribution in [3.8, 4) is 0 Å². The number of ether oxygens (including phenoxy) is 1. The van der Waals surface area contributed by atoms with Crippen LogP contribution in [0.4, 0.5) is 0 Å². The van der Waals surface area contributed by atoms with Crippen molar-refractivity contribution in [2.45, 2.75) is 46.6 Å². The van der Waals surface area contributed by atoms with Crippen molar-refractivity contribution in [2.24, 2.45) is 5.92 Å². The number of carbonyl (C=O) groups is 2. The summed E-state index contributed by atoms with van der Waals surface area (Å²) in [6, 6.07) is -0.0713. The van der Waals surface area contributed by atoms with Gasteiger partial charge in [-0.1, -0.05) is 20.8 Å². The Morgan fingerprint density at radius 1 is 1.33 bits per heavy atom. The standard InChI is InChI=1S/C11H21NO3/c1-5-11(14)15-7-10(6-8(2)3)12-9(4)13/h8,10H,5-7H2,1-4H3,(H,12,13)/t10-/m0/s1. The number of hydrogen-bond acceptors (Lipinski definition) is 3. The largest absolute Gasteiger partial charge is 0.463 e. The molecule has 0 aromatic rings. The quantitative estimate of drug-likeness (QED) is 0.683. The van der Waals surface area contributed by atoms with Crippen LogP contribution in [0.25, 0.3) is 0 Å². The van der Waals surface area contributed by atoms with Gasteiger partial charge in [0.05, 0.1) is 6.04 Å². The van der Waals surface area contributed by atoms with Crippen LogP contribution in [-0.2, 0) is 14.3 Å². The van der Waals surface area contributed by atoms with Gasteiger partial charge in [-0.15, -0.1) is 0 Å². The van der Waals surface area contributed by atoms with Crippen molar-refractivity contribution in [3.63, 3.8) is 0 Å². The molecule has 0 aromatic carbocycles. The lowest BCUT2D eigenvalue weighted by Gasteiger charge is -2.19. The molecule has 4 heteroatoms. The van der Waals surface area contributed by atoms with Crippen molar-refractivity contribution >= 4 is 11.9 Å². The molecule has 0 aliphatic heterocycles. The zero-order chi connectivity index (χ0) is 11.8. The van der Waals surface area contributed by atoms with Crippen LogP contribution in [0.15, 0.2) is 0 Å². The third kappa shape index (κ3) is 7.97. The van der Waals surface area contributed by atoms with Gasteiger partial charge >= 0.3 is 5.97 Å². The van der Waals surface area contributed by atoms with E-state index in [-0.39, 0.29) is 24.5 Å². The number of carbonyl (C=O) groups excluding carboxylic acids is 2. The molecule has 88 valence electrons. The van der Waals surface area contributed by atoms with Crippen molar-refractivity contribution in [3.05, 3.63) is 0 Å².